The van der Waals surface area contributed by atoms with Crippen LogP contribution in [0, 0.1) is 0 Å². The van der Waals surface area contributed by atoms with Crippen LogP contribution in [-0.2, 0) is 19.0 Å². The van der Waals surface area contributed by atoms with Gasteiger partial charge in [0.15, 0.2) is 0 Å². The molecule has 2 aromatic rings. The van der Waals surface area contributed by atoms with E-state index in [1.165, 1.54) is 31.4 Å². The number of amides is 1. The topological polar surface area (TPSA) is 52.6 Å². The Morgan fingerprint density at radius 3 is 2.44 bits per heavy atom. The number of piperazine rings is 1. The first-order valence-corrected chi connectivity index (χ1v) is 12.2. The summed E-state index contributed by atoms with van der Waals surface area (Å²) in [6.45, 7) is 4.57. The summed E-state index contributed by atoms with van der Waals surface area (Å²) in [5, 5.41) is -0.551. The molecular weight excluding hydrogens is 467 g/mol. The fourth-order valence-corrected chi connectivity index (χ4v) is 5.26. The molecule has 2 aliphatic heterocycles. The number of benzene rings is 1. The van der Waals surface area contributed by atoms with Crippen LogP contribution in [0.5, 0.6) is 0 Å². The van der Waals surface area contributed by atoms with E-state index in [2.05, 4.69) is 14.8 Å². The Hall–Kier alpha value is -2.39. The number of hydrogen-bond donors (Lipinski definition) is 0. The van der Waals surface area contributed by atoms with Crippen LogP contribution in [0.4, 0.5) is 19.1 Å². The maximum atomic E-state index is 13.2. The van der Waals surface area contributed by atoms with Crippen molar-refractivity contribution in [2.75, 3.05) is 44.2 Å². The molecule has 0 N–H and O–H groups in total. The molecule has 1 aromatic heterocycles. The van der Waals surface area contributed by atoms with Crippen molar-refractivity contribution >= 4 is 23.5 Å². The zero-order valence-corrected chi connectivity index (χ0v) is 19.6. The van der Waals surface area contributed by atoms with E-state index in [9.17, 15) is 18.0 Å². The molecule has 0 unspecified atom stereocenters. The highest BCUT2D eigenvalue weighted by Crippen LogP contribution is 2.36. The second-order valence-electron chi connectivity index (χ2n) is 9.21. The lowest BCUT2D eigenvalue weighted by Crippen LogP contribution is -2.52. The summed E-state index contributed by atoms with van der Waals surface area (Å²) in [5.41, 5.74) is 0.753. The standard InChI is InChI=1S/C24H27ClF3N5O/c25-21-18(5-2-6-19(21)24(26,27)28)22(34)32-9-7-16-15-29-23(30-20(16)8-10-32)33-13-11-31(12-14-33)17-3-1-4-17/h2,5-6,15,17H,1,3-4,7-14H2. The summed E-state index contributed by atoms with van der Waals surface area (Å²) < 4.78 is 39.7. The summed E-state index contributed by atoms with van der Waals surface area (Å²) in [6.07, 6.45) is 2.23. The predicted molar refractivity (Wildman–Crippen MR) is 123 cm³/mol. The van der Waals surface area contributed by atoms with Gasteiger partial charge in [-0.15, -0.1) is 0 Å². The van der Waals surface area contributed by atoms with E-state index in [0.29, 0.717) is 31.9 Å². The second-order valence-corrected chi connectivity index (χ2v) is 9.58. The lowest BCUT2D eigenvalue weighted by molar-refractivity contribution is -0.137. The molecule has 1 amide bonds. The third-order valence-electron chi connectivity index (χ3n) is 7.22. The van der Waals surface area contributed by atoms with Crippen molar-refractivity contribution in [3.8, 4) is 0 Å². The molecular formula is C24H27ClF3N5O. The summed E-state index contributed by atoms with van der Waals surface area (Å²) in [5.74, 6) is 0.219. The van der Waals surface area contributed by atoms with Crippen molar-refractivity contribution in [2.24, 2.45) is 0 Å². The number of anilines is 1. The number of carbonyl (C=O) groups excluding carboxylic acids is 1. The number of hydrogen-bond acceptors (Lipinski definition) is 5. The first-order chi connectivity index (χ1) is 16.3. The zero-order chi connectivity index (χ0) is 23.9. The molecule has 5 rings (SSSR count). The first-order valence-electron chi connectivity index (χ1n) is 11.8. The second kappa shape index (κ2) is 9.34. The van der Waals surface area contributed by atoms with Gasteiger partial charge in [-0.25, -0.2) is 9.97 Å². The molecule has 0 radical (unpaired) electrons. The zero-order valence-electron chi connectivity index (χ0n) is 18.8. The highest BCUT2D eigenvalue weighted by atomic mass is 35.5. The van der Waals surface area contributed by atoms with Gasteiger partial charge in [0, 0.05) is 57.9 Å². The summed E-state index contributed by atoms with van der Waals surface area (Å²) >= 11 is 5.99. The van der Waals surface area contributed by atoms with Crippen LogP contribution in [0.3, 0.4) is 0 Å². The minimum absolute atomic E-state index is 0.126. The van der Waals surface area contributed by atoms with Crippen molar-refractivity contribution in [3.05, 3.63) is 51.8 Å². The van der Waals surface area contributed by atoms with Crippen molar-refractivity contribution in [1.82, 2.24) is 19.8 Å². The summed E-state index contributed by atoms with van der Waals surface area (Å²) in [4.78, 5) is 28.8. The Morgan fingerprint density at radius 2 is 1.76 bits per heavy atom. The molecule has 1 aromatic carbocycles. The Kier molecular flexibility index (Phi) is 6.41. The molecule has 1 aliphatic carbocycles. The normalized spacial score (nSPS) is 20.0. The third-order valence-corrected chi connectivity index (χ3v) is 7.63. The summed E-state index contributed by atoms with van der Waals surface area (Å²) in [6, 6.07) is 4.19. The van der Waals surface area contributed by atoms with Gasteiger partial charge in [-0.2, -0.15) is 13.2 Å². The molecule has 0 bridgehead atoms. The van der Waals surface area contributed by atoms with Crippen LogP contribution in [0.2, 0.25) is 5.02 Å². The predicted octanol–water partition coefficient (Wildman–Crippen LogP) is 4.06. The fraction of sp³-hybridized carbons (Fsp3) is 0.542. The SMILES string of the molecule is O=C(c1cccc(C(F)(F)F)c1Cl)N1CCc2cnc(N3CCN(C4CCC4)CC3)nc2CC1. The van der Waals surface area contributed by atoms with Crippen LogP contribution >= 0.6 is 11.6 Å². The minimum Gasteiger partial charge on any atom is -0.338 e. The van der Waals surface area contributed by atoms with Crippen LogP contribution in [0.25, 0.3) is 0 Å². The fourth-order valence-electron chi connectivity index (χ4n) is 4.95. The Balaban J connectivity index is 1.26. The monoisotopic (exact) mass is 493 g/mol. The molecule has 0 spiro atoms. The molecule has 3 aliphatic rings. The molecule has 0 atom stereocenters. The molecule has 2 fully saturated rings. The van der Waals surface area contributed by atoms with E-state index in [0.717, 1.165) is 49.5 Å². The Morgan fingerprint density at radius 1 is 1.03 bits per heavy atom. The maximum absolute atomic E-state index is 13.2. The van der Waals surface area contributed by atoms with Crippen LogP contribution in [0.15, 0.2) is 24.4 Å². The molecule has 1 saturated carbocycles. The number of nitrogens with zero attached hydrogens (tertiary/aromatic N) is 5. The number of fused-ring (bicyclic) bond motifs is 1. The van der Waals surface area contributed by atoms with Gasteiger partial charge in [-0.05, 0) is 37.0 Å². The third kappa shape index (κ3) is 4.60. The van der Waals surface area contributed by atoms with E-state index in [-0.39, 0.29) is 5.56 Å². The number of carbonyl (C=O) groups is 1. The quantitative estimate of drug-likeness (QED) is 0.645. The van der Waals surface area contributed by atoms with Gasteiger partial charge in [-0.3, -0.25) is 9.69 Å². The van der Waals surface area contributed by atoms with Gasteiger partial charge >= 0.3 is 6.18 Å². The smallest absolute Gasteiger partial charge is 0.338 e. The highest BCUT2D eigenvalue weighted by molar-refractivity contribution is 6.34. The number of rotatable bonds is 3. The molecule has 34 heavy (non-hydrogen) atoms. The number of aromatic nitrogens is 2. The van der Waals surface area contributed by atoms with Crippen molar-refractivity contribution in [2.45, 2.75) is 44.3 Å². The van der Waals surface area contributed by atoms with Crippen molar-refractivity contribution in [3.63, 3.8) is 0 Å². The summed E-state index contributed by atoms with van der Waals surface area (Å²) in [7, 11) is 0. The van der Waals surface area contributed by atoms with Gasteiger partial charge in [-0.1, -0.05) is 24.1 Å². The van der Waals surface area contributed by atoms with E-state index in [1.54, 1.807) is 4.90 Å². The Labute approximate surface area is 201 Å². The Bertz CT molecular complexity index is 1070. The lowest BCUT2D eigenvalue weighted by atomic mass is 9.91. The van der Waals surface area contributed by atoms with Gasteiger partial charge in [0.25, 0.3) is 5.91 Å². The van der Waals surface area contributed by atoms with Crippen LogP contribution < -0.4 is 4.90 Å². The van der Waals surface area contributed by atoms with Gasteiger partial charge in [0.2, 0.25) is 5.95 Å². The number of alkyl halides is 3. The van der Waals surface area contributed by atoms with Crippen molar-refractivity contribution < 1.29 is 18.0 Å². The maximum Gasteiger partial charge on any atom is 0.417 e. The van der Waals surface area contributed by atoms with Crippen LogP contribution in [0.1, 0.15) is 46.4 Å². The van der Waals surface area contributed by atoms with E-state index in [1.807, 2.05) is 6.20 Å². The average molecular weight is 494 g/mol. The average Bonchev–Trinajstić information content (AvgIpc) is 2.99. The van der Waals surface area contributed by atoms with Gasteiger partial charge in [0.05, 0.1) is 21.8 Å². The van der Waals surface area contributed by atoms with Crippen LogP contribution in [-0.4, -0.2) is 71.0 Å². The largest absolute Gasteiger partial charge is 0.417 e. The van der Waals surface area contributed by atoms with E-state index >= 15 is 0 Å². The van der Waals surface area contributed by atoms with E-state index in [4.69, 9.17) is 16.6 Å². The first kappa shape index (κ1) is 23.4. The molecule has 10 heteroatoms. The molecule has 3 heterocycles. The van der Waals surface area contributed by atoms with Gasteiger partial charge < -0.3 is 9.80 Å². The number of halogens is 4. The van der Waals surface area contributed by atoms with Gasteiger partial charge in [0.1, 0.15) is 0 Å². The molecule has 182 valence electrons. The lowest BCUT2D eigenvalue weighted by Gasteiger charge is -2.43. The molecule has 6 nitrogen and oxygen atoms in total. The molecule has 1 saturated heterocycles. The highest BCUT2D eigenvalue weighted by Gasteiger charge is 2.35. The minimum atomic E-state index is -4.61. The van der Waals surface area contributed by atoms with E-state index < -0.39 is 22.7 Å². The van der Waals surface area contributed by atoms with Crippen molar-refractivity contribution in [1.29, 1.82) is 0 Å².